The van der Waals surface area contributed by atoms with E-state index in [0.717, 1.165) is 0 Å². The Morgan fingerprint density at radius 2 is 2.00 bits per heavy atom. The van der Waals surface area contributed by atoms with Crippen molar-refractivity contribution in [2.75, 3.05) is 19.5 Å². The number of carboxylic acid groups (broad SMARTS) is 1. The fraction of sp³-hybridized carbons (Fsp3) is 0.889. The molecule has 0 rings (SSSR count). The van der Waals surface area contributed by atoms with Crippen LogP contribution in [0.1, 0.15) is 26.2 Å². The summed E-state index contributed by atoms with van der Waals surface area (Å²) in [5, 5.41) is 7.66. The monoisotopic (exact) mass is 238 g/mol. The lowest BCUT2D eigenvalue weighted by Crippen LogP contribution is -2.24. The molecule has 0 aliphatic heterocycles. The first-order valence-corrected chi connectivity index (χ1v) is 6.54. The molecular formula is C9H18O5S. The van der Waals surface area contributed by atoms with Crippen LogP contribution < -0.4 is 0 Å². The summed E-state index contributed by atoms with van der Waals surface area (Å²) < 4.78 is 27.8. The Balaban J connectivity index is 4.00. The molecule has 1 atom stereocenters. The van der Waals surface area contributed by atoms with Gasteiger partial charge in [-0.3, -0.25) is 4.79 Å². The molecule has 90 valence electrons. The Morgan fingerprint density at radius 1 is 1.40 bits per heavy atom. The third kappa shape index (κ3) is 6.46. The lowest BCUT2D eigenvalue weighted by molar-refractivity contribution is -0.136. The molecule has 0 fully saturated rings. The number of hydrogen-bond donors (Lipinski definition) is 1. The van der Waals surface area contributed by atoms with Gasteiger partial charge < -0.3 is 9.84 Å². The SMILES string of the molecule is COCCCCS(=O)(=O)C(C)CC(=O)O. The fourth-order valence-corrected chi connectivity index (χ4v) is 2.53. The highest BCUT2D eigenvalue weighted by atomic mass is 32.2. The van der Waals surface area contributed by atoms with Gasteiger partial charge in [0, 0.05) is 13.7 Å². The molecule has 1 unspecified atom stereocenters. The minimum Gasteiger partial charge on any atom is -0.481 e. The Labute approximate surface area is 90.4 Å². The number of methoxy groups -OCH3 is 1. The number of hydrogen-bond acceptors (Lipinski definition) is 4. The van der Waals surface area contributed by atoms with Crippen molar-refractivity contribution in [3.05, 3.63) is 0 Å². The van der Waals surface area contributed by atoms with Crippen LogP contribution in [0.25, 0.3) is 0 Å². The summed E-state index contributed by atoms with van der Waals surface area (Å²) in [7, 11) is -1.72. The summed E-state index contributed by atoms with van der Waals surface area (Å²) in [4.78, 5) is 10.3. The molecule has 0 saturated carbocycles. The number of rotatable bonds is 8. The van der Waals surface area contributed by atoms with Gasteiger partial charge in [0.25, 0.3) is 0 Å². The van der Waals surface area contributed by atoms with Gasteiger partial charge in [-0.1, -0.05) is 0 Å². The third-order valence-corrected chi connectivity index (χ3v) is 4.35. The van der Waals surface area contributed by atoms with Gasteiger partial charge in [-0.15, -0.1) is 0 Å². The quantitative estimate of drug-likeness (QED) is 0.629. The molecule has 6 heteroatoms. The Kier molecular flexibility index (Phi) is 6.51. The summed E-state index contributed by atoms with van der Waals surface area (Å²) in [5.74, 6) is -1.05. The number of sulfone groups is 1. The van der Waals surface area contributed by atoms with E-state index in [1.807, 2.05) is 0 Å². The first kappa shape index (κ1) is 14.4. The Morgan fingerprint density at radius 3 is 2.47 bits per heavy atom. The van der Waals surface area contributed by atoms with Crippen LogP contribution in [0.4, 0.5) is 0 Å². The van der Waals surface area contributed by atoms with E-state index in [2.05, 4.69) is 0 Å². The average Bonchev–Trinajstić information content (AvgIpc) is 2.11. The molecule has 0 aromatic heterocycles. The summed E-state index contributed by atoms with van der Waals surface area (Å²) in [5.41, 5.74) is 0. The number of aliphatic carboxylic acids is 1. The van der Waals surface area contributed by atoms with Crippen molar-refractivity contribution in [1.29, 1.82) is 0 Å². The molecule has 0 radical (unpaired) electrons. The average molecular weight is 238 g/mol. The van der Waals surface area contributed by atoms with Crippen LogP contribution in [0.3, 0.4) is 0 Å². The van der Waals surface area contributed by atoms with Crippen molar-refractivity contribution < 1.29 is 23.1 Å². The fourth-order valence-electron chi connectivity index (χ4n) is 1.12. The zero-order valence-electron chi connectivity index (χ0n) is 9.10. The topological polar surface area (TPSA) is 80.7 Å². The van der Waals surface area contributed by atoms with Crippen molar-refractivity contribution >= 4 is 15.8 Å². The van der Waals surface area contributed by atoms with Crippen LogP contribution in [0.2, 0.25) is 0 Å². The highest BCUT2D eigenvalue weighted by Crippen LogP contribution is 2.09. The summed E-state index contributed by atoms with van der Waals surface area (Å²) >= 11 is 0. The molecule has 0 aromatic rings. The number of carbonyl (C=O) groups is 1. The van der Waals surface area contributed by atoms with Gasteiger partial charge >= 0.3 is 5.97 Å². The van der Waals surface area contributed by atoms with Gasteiger partial charge in [-0.2, -0.15) is 0 Å². The summed E-state index contributed by atoms with van der Waals surface area (Å²) in [6, 6.07) is 0. The zero-order valence-corrected chi connectivity index (χ0v) is 9.92. The van der Waals surface area contributed by atoms with Crippen molar-refractivity contribution in [2.24, 2.45) is 0 Å². The van der Waals surface area contributed by atoms with Gasteiger partial charge in [0.15, 0.2) is 9.84 Å². The van der Waals surface area contributed by atoms with Gasteiger partial charge in [0.1, 0.15) is 0 Å². The van der Waals surface area contributed by atoms with E-state index >= 15 is 0 Å². The Bertz CT molecular complexity index is 283. The smallest absolute Gasteiger partial charge is 0.304 e. The molecule has 5 nitrogen and oxygen atoms in total. The van der Waals surface area contributed by atoms with Crippen LogP contribution in [0.5, 0.6) is 0 Å². The van der Waals surface area contributed by atoms with E-state index in [1.165, 1.54) is 6.92 Å². The maximum atomic E-state index is 11.5. The molecule has 0 bridgehead atoms. The van der Waals surface area contributed by atoms with E-state index in [0.29, 0.717) is 19.4 Å². The van der Waals surface area contributed by atoms with E-state index in [-0.39, 0.29) is 12.2 Å². The van der Waals surface area contributed by atoms with Gasteiger partial charge in [-0.25, -0.2) is 8.42 Å². The predicted octanol–water partition coefficient (Wildman–Crippen LogP) is 0.691. The molecule has 0 aliphatic rings. The Hall–Kier alpha value is -0.620. The van der Waals surface area contributed by atoms with Gasteiger partial charge in [0.05, 0.1) is 17.4 Å². The molecule has 1 N–H and O–H groups in total. The minimum atomic E-state index is -3.27. The second-order valence-corrected chi connectivity index (χ2v) is 6.01. The lowest BCUT2D eigenvalue weighted by atomic mass is 10.3. The van der Waals surface area contributed by atoms with Crippen molar-refractivity contribution in [1.82, 2.24) is 0 Å². The van der Waals surface area contributed by atoms with Crippen LogP contribution >= 0.6 is 0 Å². The minimum absolute atomic E-state index is 0.0325. The lowest BCUT2D eigenvalue weighted by Gasteiger charge is -2.10. The second kappa shape index (κ2) is 6.79. The maximum Gasteiger partial charge on any atom is 0.304 e. The normalized spacial score (nSPS) is 13.7. The van der Waals surface area contributed by atoms with Crippen LogP contribution in [-0.2, 0) is 19.4 Å². The highest BCUT2D eigenvalue weighted by Gasteiger charge is 2.22. The van der Waals surface area contributed by atoms with Crippen LogP contribution in [0, 0.1) is 0 Å². The first-order valence-electron chi connectivity index (χ1n) is 4.82. The zero-order chi connectivity index (χ0) is 11.9. The van der Waals surface area contributed by atoms with E-state index in [1.54, 1.807) is 7.11 Å². The molecular weight excluding hydrogens is 220 g/mol. The molecule has 0 saturated heterocycles. The third-order valence-electron chi connectivity index (χ3n) is 2.10. The number of ether oxygens (including phenoxy) is 1. The molecule has 0 heterocycles. The highest BCUT2D eigenvalue weighted by molar-refractivity contribution is 7.92. The largest absolute Gasteiger partial charge is 0.481 e. The van der Waals surface area contributed by atoms with Crippen molar-refractivity contribution in [3.8, 4) is 0 Å². The van der Waals surface area contributed by atoms with E-state index in [9.17, 15) is 13.2 Å². The summed E-state index contributed by atoms with van der Waals surface area (Å²) in [6.07, 6.45) is 0.863. The van der Waals surface area contributed by atoms with Gasteiger partial charge in [0.2, 0.25) is 0 Å². The molecule has 0 amide bonds. The summed E-state index contributed by atoms with van der Waals surface area (Å²) in [6.45, 7) is 1.96. The van der Waals surface area contributed by atoms with Crippen LogP contribution in [-0.4, -0.2) is 44.2 Å². The molecule has 0 aromatic carbocycles. The van der Waals surface area contributed by atoms with E-state index < -0.39 is 21.1 Å². The number of carboxylic acids is 1. The van der Waals surface area contributed by atoms with Crippen molar-refractivity contribution in [2.45, 2.75) is 31.4 Å². The molecule has 0 aliphatic carbocycles. The van der Waals surface area contributed by atoms with Gasteiger partial charge in [-0.05, 0) is 19.8 Å². The molecule has 15 heavy (non-hydrogen) atoms. The first-order chi connectivity index (χ1) is 6.90. The second-order valence-electron chi connectivity index (χ2n) is 3.48. The number of unbranched alkanes of at least 4 members (excludes halogenated alkanes) is 1. The maximum absolute atomic E-state index is 11.5. The predicted molar refractivity (Wildman–Crippen MR) is 56.6 cm³/mol. The van der Waals surface area contributed by atoms with Crippen molar-refractivity contribution in [3.63, 3.8) is 0 Å². The standard InChI is InChI=1S/C9H18O5S/c1-8(7-9(10)11)15(12,13)6-4-3-5-14-2/h8H,3-7H2,1-2H3,(H,10,11). The van der Waals surface area contributed by atoms with Crippen LogP contribution in [0.15, 0.2) is 0 Å². The van der Waals surface area contributed by atoms with E-state index in [4.69, 9.17) is 9.84 Å². The molecule has 0 spiro atoms.